The second kappa shape index (κ2) is 6.47. The maximum Gasteiger partial charge on any atom is 0.308 e. The summed E-state index contributed by atoms with van der Waals surface area (Å²) in [6.45, 7) is 0.320. The summed E-state index contributed by atoms with van der Waals surface area (Å²) < 4.78 is 17.8. The van der Waals surface area contributed by atoms with Crippen molar-refractivity contribution in [2.75, 3.05) is 6.54 Å². The lowest BCUT2D eigenvalue weighted by Gasteiger charge is -2.25. The SMILES string of the molecule is O=C1C[C@H](O)C[C@H](CCNC(=O)c2ccc(F)cc2)O1. The molecule has 0 aliphatic carbocycles. The van der Waals surface area contributed by atoms with Crippen molar-refractivity contribution in [3.63, 3.8) is 0 Å². The topological polar surface area (TPSA) is 75.6 Å². The fourth-order valence-corrected chi connectivity index (χ4v) is 2.09. The zero-order valence-electron chi connectivity index (χ0n) is 10.8. The van der Waals surface area contributed by atoms with E-state index in [-0.39, 0.29) is 18.4 Å². The van der Waals surface area contributed by atoms with Gasteiger partial charge in [-0.2, -0.15) is 0 Å². The maximum atomic E-state index is 12.7. The summed E-state index contributed by atoms with van der Waals surface area (Å²) in [5.41, 5.74) is 0.368. The molecule has 1 amide bonds. The van der Waals surface area contributed by atoms with E-state index >= 15 is 0 Å². The number of cyclic esters (lactones) is 1. The van der Waals surface area contributed by atoms with Crippen LogP contribution in [0.3, 0.4) is 0 Å². The molecule has 0 aromatic heterocycles. The van der Waals surface area contributed by atoms with Crippen LogP contribution in [0.4, 0.5) is 4.39 Å². The van der Waals surface area contributed by atoms with Crippen LogP contribution >= 0.6 is 0 Å². The van der Waals surface area contributed by atoms with Crippen LogP contribution < -0.4 is 5.32 Å². The fourth-order valence-electron chi connectivity index (χ4n) is 2.09. The predicted octanol–water partition coefficient (Wildman–Crippen LogP) is 1.01. The van der Waals surface area contributed by atoms with Crippen molar-refractivity contribution < 1.29 is 23.8 Å². The predicted molar refractivity (Wildman–Crippen MR) is 68.5 cm³/mol. The largest absolute Gasteiger partial charge is 0.462 e. The van der Waals surface area contributed by atoms with Gasteiger partial charge in [0, 0.05) is 24.9 Å². The highest BCUT2D eigenvalue weighted by atomic mass is 19.1. The number of hydrogen-bond acceptors (Lipinski definition) is 4. The Bertz CT molecular complexity index is 488. The van der Waals surface area contributed by atoms with E-state index < -0.39 is 17.9 Å². The van der Waals surface area contributed by atoms with Crippen molar-refractivity contribution in [1.82, 2.24) is 5.32 Å². The van der Waals surface area contributed by atoms with Gasteiger partial charge in [-0.15, -0.1) is 0 Å². The minimum absolute atomic E-state index is 0.0262. The van der Waals surface area contributed by atoms with Gasteiger partial charge in [0.15, 0.2) is 0 Å². The van der Waals surface area contributed by atoms with Crippen molar-refractivity contribution in [3.8, 4) is 0 Å². The zero-order valence-corrected chi connectivity index (χ0v) is 10.8. The number of aliphatic hydroxyl groups excluding tert-OH is 1. The Kier molecular flexibility index (Phi) is 4.68. The van der Waals surface area contributed by atoms with Gasteiger partial charge in [0.05, 0.1) is 12.5 Å². The number of benzene rings is 1. The molecular weight excluding hydrogens is 265 g/mol. The van der Waals surface area contributed by atoms with Gasteiger partial charge in [0.2, 0.25) is 0 Å². The van der Waals surface area contributed by atoms with Crippen LogP contribution in [0.15, 0.2) is 24.3 Å². The average molecular weight is 281 g/mol. The van der Waals surface area contributed by atoms with Crippen LogP contribution in [0, 0.1) is 5.82 Å². The normalized spacial score (nSPS) is 22.2. The summed E-state index contributed by atoms with van der Waals surface area (Å²) in [4.78, 5) is 22.9. The Hall–Kier alpha value is -1.95. The Balaban J connectivity index is 1.76. The van der Waals surface area contributed by atoms with Gasteiger partial charge in [-0.3, -0.25) is 9.59 Å². The molecule has 2 atom stereocenters. The maximum absolute atomic E-state index is 12.7. The molecule has 1 fully saturated rings. The van der Waals surface area contributed by atoms with Gasteiger partial charge < -0.3 is 15.2 Å². The highest BCUT2D eigenvalue weighted by Crippen LogP contribution is 2.17. The molecule has 1 aliphatic rings. The van der Waals surface area contributed by atoms with Gasteiger partial charge >= 0.3 is 5.97 Å². The molecule has 20 heavy (non-hydrogen) atoms. The first-order chi connectivity index (χ1) is 9.54. The van der Waals surface area contributed by atoms with Gasteiger partial charge in [-0.05, 0) is 24.3 Å². The van der Waals surface area contributed by atoms with Crippen molar-refractivity contribution in [1.29, 1.82) is 0 Å². The zero-order chi connectivity index (χ0) is 14.5. The standard InChI is InChI=1S/C14H16FNO4/c15-10-3-1-9(2-4-10)14(19)16-6-5-12-7-11(17)8-13(18)20-12/h1-4,11-12,17H,5-8H2,(H,16,19)/t11-,12+/m1/s1. The fraction of sp³-hybridized carbons (Fsp3) is 0.429. The van der Waals surface area contributed by atoms with E-state index in [4.69, 9.17) is 4.74 Å². The van der Waals surface area contributed by atoms with E-state index in [1.54, 1.807) is 0 Å². The van der Waals surface area contributed by atoms with Crippen LogP contribution in [0.5, 0.6) is 0 Å². The van der Waals surface area contributed by atoms with Gasteiger partial charge in [-0.1, -0.05) is 0 Å². The Labute approximate surface area is 115 Å². The lowest BCUT2D eigenvalue weighted by molar-refractivity contribution is -0.160. The van der Waals surface area contributed by atoms with E-state index in [2.05, 4.69) is 5.32 Å². The van der Waals surface area contributed by atoms with E-state index in [1.807, 2.05) is 0 Å². The summed E-state index contributed by atoms with van der Waals surface area (Å²) in [7, 11) is 0. The van der Waals surface area contributed by atoms with E-state index in [1.165, 1.54) is 24.3 Å². The summed E-state index contributed by atoms with van der Waals surface area (Å²) in [5.74, 6) is -1.13. The number of rotatable bonds is 4. The molecule has 0 bridgehead atoms. The molecule has 2 rings (SSSR count). The number of esters is 1. The second-order valence-electron chi connectivity index (χ2n) is 4.76. The number of carbonyl (C=O) groups is 2. The summed E-state index contributed by atoms with van der Waals surface area (Å²) >= 11 is 0. The minimum Gasteiger partial charge on any atom is -0.462 e. The highest BCUT2D eigenvalue weighted by molar-refractivity contribution is 5.94. The number of nitrogens with one attached hydrogen (secondary N) is 1. The molecule has 1 aromatic rings. The summed E-state index contributed by atoms with van der Waals surface area (Å²) in [5, 5.41) is 12.1. The second-order valence-corrected chi connectivity index (χ2v) is 4.76. The number of hydrogen-bond donors (Lipinski definition) is 2. The Morgan fingerprint density at radius 3 is 2.75 bits per heavy atom. The van der Waals surface area contributed by atoms with Gasteiger partial charge in [0.1, 0.15) is 11.9 Å². The Morgan fingerprint density at radius 1 is 1.40 bits per heavy atom. The van der Waals surface area contributed by atoms with E-state index in [0.29, 0.717) is 24.9 Å². The molecule has 6 heteroatoms. The molecule has 1 heterocycles. The number of ether oxygens (including phenoxy) is 1. The molecule has 5 nitrogen and oxygen atoms in total. The third-order valence-corrected chi connectivity index (χ3v) is 3.09. The quantitative estimate of drug-likeness (QED) is 0.808. The highest BCUT2D eigenvalue weighted by Gasteiger charge is 2.26. The van der Waals surface area contributed by atoms with Crippen molar-refractivity contribution in [3.05, 3.63) is 35.6 Å². The first kappa shape index (κ1) is 14.5. The number of amides is 1. The molecule has 0 unspecified atom stereocenters. The van der Waals surface area contributed by atoms with E-state index in [9.17, 15) is 19.1 Å². The molecule has 0 spiro atoms. The van der Waals surface area contributed by atoms with Crippen molar-refractivity contribution >= 4 is 11.9 Å². The summed E-state index contributed by atoms with van der Waals surface area (Å²) in [6.07, 6.45) is -0.194. The first-order valence-electron chi connectivity index (χ1n) is 6.46. The minimum atomic E-state index is -0.672. The van der Waals surface area contributed by atoms with Gasteiger partial charge in [-0.25, -0.2) is 4.39 Å². The van der Waals surface area contributed by atoms with Crippen molar-refractivity contribution in [2.45, 2.75) is 31.5 Å². The van der Waals surface area contributed by atoms with Crippen molar-refractivity contribution in [2.24, 2.45) is 0 Å². The van der Waals surface area contributed by atoms with Crippen LogP contribution in [0.1, 0.15) is 29.6 Å². The molecule has 1 aliphatic heterocycles. The average Bonchev–Trinajstić information content (AvgIpc) is 2.38. The first-order valence-corrected chi connectivity index (χ1v) is 6.46. The number of carbonyl (C=O) groups excluding carboxylic acids is 2. The third-order valence-electron chi connectivity index (χ3n) is 3.09. The molecule has 108 valence electrons. The molecule has 2 N–H and O–H groups in total. The third kappa shape index (κ3) is 4.03. The molecule has 1 aromatic carbocycles. The van der Waals surface area contributed by atoms with Gasteiger partial charge in [0.25, 0.3) is 5.91 Å². The number of aliphatic hydroxyl groups is 1. The molecule has 0 saturated carbocycles. The lowest BCUT2D eigenvalue weighted by Crippen LogP contribution is -2.35. The summed E-state index contributed by atoms with van der Waals surface area (Å²) in [6, 6.07) is 5.23. The number of halogens is 1. The Morgan fingerprint density at radius 2 is 2.10 bits per heavy atom. The van der Waals surface area contributed by atoms with Crippen LogP contribution in [-0.4, -0.2) is 35.7 Å². The molecule has 0 radical (unpaired) electrons. The van der Waals surface area contributed by atoms with E-state index in [0.717, 1.165) is 0 Å². The van der Waals surface area contributed by atoms with Crippen LogP contribution in [-0.2, 0) is 9.53 Å². The molecular formula is C14H16FNO4. The lowest BCUT2D eigenvalue weighted by atomic mass is 10.0. The smallest absolute Gasteiger partial charge is 0.308 e. The van der Waals surface area contributed by atoms with Crippen LogP contribution in [0.2, 0.25) is 0 Å². The molecule has 1 saturated heterocycles. The monoisotopic (exact) mass is 281 g/mol. The van der Waals surface area contributed by atoms with Crippen LogP contribution in [0.25, 0.3) is 0 Å².